The van der Waals surface area contributed by atoms with Crippen LogP contribution in [0.15, 0.2) is 54.1 Å². The number of aliphatic hydroxyl groups excluding tert-OH is 1. The first-order valence-corrected chi connectivity index (χ1v) is 12.1. The smallest absolute Gasteiger partial charge is 0.295 e. The SMILES string of the molecule is Cc1ccc(C(O)=C2C(=O)C(=O)N(CCCN3CCOCC3)[C@@H]2c2ccc(C(C)C)cc2)cc1. The van der Waals surface area contributed by atoms with Gasteiger partial charge in [0.05, 0.1) is 24.8 Å². The Morgan fingerprint density at radius 2 is 1.65 bits per heavy atom. The maximum absolute atomic E-state index is 13.2. The predicted octanol–water partition coefficient (Wildman–Crippen LogP) is 4.26. The number of ketones is 1. The Kier molecular flexibility index (Phi) is 7.49. The molecule has 0 radical (unpaired) electrons. The van der Waals surface area contributed by atoms with Gasteiger partial charge >= 0.3 is 0 Å². The largest absolute Gasteiger partial charge is 0.507 e. The van der Waals surface area contributed by atoms with Crippen molar-refractivity contribution in [1.29, 1.82) is 0 Å². The maximum atomic E-state index is 13.2. The first-order chi connectivity index (χ1) is 16.4. The van der Waals surface area contributed by atoms with Crippen LogP contribution in [0.3, 0.4) is 0 Å². The highest BCUT2D eigenvalue weighted by molar-refractivity contribution is 6.46. The number of hydrogen-bond acceptors (Lipinski definition) is 5. The molecule has 1 atom stereocenters. The zero-order chi connectivity index (χ0) is 24.2. The Morgan fingerprint density at radius 3 is 2.26 bits per heavy atom. The van der Waals surface area contributed by atoms with E-state index in [0.29, 0.717) is 18.0 Å². The van der Waals surface area contributed by atoms with E-state index < -0.39 is 17.7 Å². The van der Waals surface area contributed by atoms with Crippen LogP contribution in [0.5, 0.6) is 0 Å². The molecule has 180 valence electrons. The minimum Gasteiger partial charge on any atom is -0.507 e. The van der Waals surface area contributed by atoms with Gasteiger partial charge in [0.2, 0.25) is 0 Å². The van der Waals surface area contributed by atoms with Gasteiger partial charge in [-0.25, -0.2) is 0 Å². The second-order valence-electron chi connectivity index (χ2n) is 9.49. The molecule has 0 bridgehead atoms. The van der Waals surface area contributed by atoms with Crippen LogP contribution in [0.1, 0.15) is 54.5 Å². The number of rotatable bonds is 7. The molecule has 34 heavy (non-hydrogen) atoms. The Balaban J connectivity index is 1.67. The molecule has 1 amide bonds. The first-order valence-electron chi connectivity index (χ1n) is 12.1. The number of carbonyl (C=O) groups is 2. The maximum Gasteiger partial charge on any atom is 0.295 e. The van der Waals surface area contributed by atoms with Gasteiger partial charge in [-0.1, -0.05) is 67.9 Å². The van der Waals surface area contributed by atoms with E-state index in [2.05, 4.69) is 18.7 Å². The van der Waals surface area contributed by atoms with Gasteiger partial charge in [0, 0.05) is 31.7 Å². The van der Waals surface area contributed by atoms with Crippen molar-refractivity contribution in [3.8, 4) is 0 Å². The van der Waals surface area contributed by atoms with E-state index in [9.17, 15) is 14.7 Å². The number of carbonyl (C=O) groups excluding carboxylic acids is 2. The van der Waals surface area contributed by atoms with Crippen molar-refractivity contribution in [2.45, 2.75) is 39.2 Å². The summed E-state index contributed by atoms with van der Waals surface area (Å²) in [5, 5.41) is 11.2. The number of benzene rings is 2. The third-order valence-electron chi connectivity index (χ3n) is 6.76. The fraction of sp³-hybridized carbons (Fsp3) is 0.429. The summed E-state index contributed by atoms with van der Waals surface area (Å²) in [5.41, 5.74) is 3.79. The van der Waals surface area contributed by atoms with Crippen molar-refractivity contribution in [3.05, 3.63) is 76.4 Å². The van der Waals surface area contributed by atoms with Crippen molar-refractivity contribution in [3.63, 3.8) is 0 Å². The summed E-state index contributed by atoms with van der Waals surface area (Å²) in [5.74, 6) is -0.913. The van der Waals surface area contributed by atoms with Gasteiger partial charge in [-0.2, -0.15) is 0 Å². The summed E-state index contributed by atoms with van der Waals surface area (Å²) < 4.78 is 5.42. The van der Waals surface area contributed by atoms with E-state index in [-0.39, 0.29) is 11.3 Å². The number of morpholine rings is 1. The number of Topliss-reactive ketones (excluding diaryl/α,β-unsaturated/α-hetero) is 1. The molecule has 4 rings (SSSR count). The number of hydrogen-bond donors (Lipinski definition) is 1. The van der Waals surface area contributed by atoms with Gasteiger partial charge in [-0.05, 0) is 30.4 Å². The normalized spacial score (nSPS) is 20.9. The summed E-state index contributed by atoms with van der Waals surface area (Å²) in [6.45, 7) is 10.7. The Hall–Kier alpha value is -2.96. The van der Waals surface area contributed by atoms with Crippen LogP contribution < -0.4 is 0 Å². The zero-order valence-corrected chi connectivity index (χ0v) is 20.3. The molecule has 0 aliphatic carbocycles. The number of aliphatic hydroxyl groups is 1. The molecular weight excluding hydrogens is 428 g/mol. The van der Waals surface area contributed by atoms with Crippen LogP contribution in [-0.2, 0) is 14.3 Å². The zero-order valence-electron chi connectivity index (χ0n) is 20.3. The third-order valence-corrected chi connectivity index (χ3v) is 6.76. The quantitative estimate of drug-likeness (QED) is 0.378. The lowest BCUT2D eigenvalue weighted by molar-refractivity contribution is -0.140. The third kappa shape index (κ3) is 5.08. The van der Waals surface area contributed by atoms with Gasteiger partial charge in [-0.15, -0.1) is 0 Å². The summed E-state index contributed by atoms with van der Waals surface area (Å²) in [6.07, 6.45) is 0.748. The Labute approximate surface area is 201 Å². The second-order valence-corrected chi connectivity index (χ2v) is 9.49. The topological polar surface area (TPSA) is 70.1 Å². The van der Waals surface area contributed by atoms with Gasteiger partial charge < -0.3 is 14.7 Å². The molecule has 2 heterocycles. The van der Waals surface area contributed by atoms with Gasteiger partial charge in [0.25, 0.3) is 11.7 Å². The van der Waals surface area contributed by atoms with Crippen LogP contribution in [0.4, 0.5) is 0 Å². The molecule has 2 aliphatic rings. The summed E-state index contributed by atoms with van der Waals surface area (Å²) >= 11 is 0. The monoisotopic (exact) mass is 462 g/mol. The lowest BCUT2D eigenvalue weighted by atomic mass is 9.93. The standard InChI is InChI=1S/C28H34N2O4/c1-19(2)21-9-11-22(12-10-21)25-24(26(31)23-7-5-20(3)6-8-23)27(32)28(33)30(25)14-4-13-29-15-17-34-18-16-29/h5-12,19,25,31H,4,13-18H2,1-3H3/t25-/m1/s1. The number of likely N-dealkylation sites (tertiary alicyclic amines) is 1. The average molecular weight is 463 g/mol. The molecule has 2 saturated heterocycles. The molecule has 0 aromatic heterocycles. The van der Waals surface area contributed by atoms with Crippen molar-refractivity contribution >= 4 is 17.4 Å². The summed E-state index contributed by atoms with van der Waals surface area (Å²) in [4.78, 5) is 30.3. The molecule has 2 aliphatic heterocycles. The molecule has 1 N–H and O–H groups in total. The van der Waals surface area contributed by atoms with E-state index in [4.69, 9.17) is 4.74 Å². The van der Waals surface area contributed by atoms with Crippen molar-refractivity contribution in [2.75, 3.05) is 39.4 Å². The minimum absolute atomic E-state index is 0.119. The molecular formula is C28H34N2O4. The van der Waals surface area contributed by atoms with E-state index in [0.717, 1.165) is 50.4 Å². The van der Waals surface area contributed by atoms with Gasteiger partial charge in [-0.3, -0.25) is 14.5 Å². The molecule has 6 nitrogen and oxygen atoms in total. The second kappa shape index (κ2) is 10.5. The highest BCUT2D eigenvalue weighted by atomic mass is 16.5. The number of nitrogens with zero attached hydrogens (tertiary/aromatic N) is 2. The van der Waals surface area contributed by atoms with Crippen LogP contribution in [-0.4, -0.2) is 66.0 Å². The van der Waals surface area contributed by atoms with Crippen LogP contribution in [0.25, 0.3) is 5.76 Å². The minimum atomic E-state index is -0.623. The Morgan fingerprint density at radius 1 is 1.00 bits per heavy atom. The number of amides is 1. The number of ether oxygens (including phenoxy) is 1. The number of aryl methyl sites for hydroxylation is 1. The predicted molar refractivity (Wildman–Crippen MR) is 133 cm³/mol. The molecule has 0 spiro atoms. The fourth-order valence-corrected chi connectivity index (χ4v) is 4.68. The van der Waals surface area contributed by atoms with Gasteiger partial charge in [0.1, 0.15) is 5.76 Å². The van der Waals surface area contributed by atoms with Crippen molar-refractivity contribution < 1.29 is 19.4 Å². The Bertz CT molecular complexity index is 1050. The van der Waals surface area contributed by atoms with E-state index in [1.807, 2.05) is 43.3 Å². The average Bonchev–Trinajstić information content (AvgIpc) is 3.10. The summed E-state index contributed by atoms with van der Waals surface area (Å²) in [6, 6.07) is 14.8. The molecule has 2 fully saturated rings. The van der Waals surface area contributed by atoms with Crippen molar-refractivity contribution in [1.82, 2.24) is 9.80 Å². The lowest BCUT2D eigenvalue weighted by Crippen LogP contribution is -2.38. The van der Waals surface area contributed by atoms with Gasteiger partial charge in [0.15, 0.2) is 0 Å². The van der Waals surface area contributed by atoms with E-state index in [1.165, 1.54) is 5.56 Å². The van der Waals surface area contributed by atoms with E-state index in [1.54, 1.807) is 17.0 Å². The van der Waals surface area contributed by atoms with Crippen LogP contribution in [0.2, 0.25) is 0 Å². The van der Waals surface area contributed by atoms with Crippen LogP contribution >= 0.6 is 0 Å². The molecule has 2 aromatic rings. The van der Waals surface area contributed by atoms with Crippen LogP contribution in [0, 0.1) is 6.92 Å². The fourth-order valence-electron chi connectivity index (χ4n) is 4.68. The van der Waals surface area contributed by atoms with Crippen molar-refractivity contribution in [2.24, 2.45) is 0 Å². The molecule has 2 aromatic carbocycles. The molecule has 0 unspecified atom stereocenters. The highest BCUT2D eigenvalue weighted by Gasteiger charge is 2.45. The lowest BCUT2D eigenvalue weighted by Gasteiger charge is -2.29. The molecule has 0 saturated carbocycles. The molecule has 6 heteroatoms. The first kappa shape index (κ1) is 24.2. The summed E-state index contributed by atoms with van der Waals surface area (Å²) in [7, 11) is 0. The van der Waals surface area contributed by atoms with E-state index >= 15 is 0 Å². The highest BCUT2D eigenvalue weighted by Crippen LogP contribution is 2.39.